The molecule has 0 saturated carbocycles. The van der Waals surface area contributed by atoms with E-state index in [1.807, 2.05) is 30.5 Å². The summed E-state index contributed by atoms with van der Waals surface area (Å²) < 4.78 is 0. The van der Waals surface area contributed by atoms with Gasteiger partial charge in [0.2, 0.25) is 0 Å². The quantitative estimate of drug-likeness (QED) is 0.617. The molecule has 1 heterocycles. The number of hydrogen-bond acceptors (Lipinski definition) is 3. The Morgan fingerprint density at radius 3 is 2.37 bits per heavy atom. The van der Waals surface area contributed by atoms with Gasteiger partial charge in [0.05, 0.1) is 0 Å². The molecule has 0 spiro atoms. The molecule has 0 amide bonds. The van der Waals surface area contributed by atoms with Gasteiger partial charge in [-0.25, -0.2) is 0 Å². The van der Waals surface area contributed by atoms with E-state index < -0.39 is 0 Å². The number of rotatable bonds is 1. The Bertz CT molecular complexity index is 637. The highest BCUT2D eigenvalue weighted by atomic mass is 79.9. The molecule has 2 N–H and O–H groups in total. The van der Waals surface area contributed by atoms with Crippen molar-refractivity contribution in [3.8, 4) is 11.5 Å². The minimum absolute atomic E-state index is 0.00218. The van der Waals surface area contributed by atoms with E-state index in [4.69, 9.17) is 0 Å². The Hall–Kier alpha value is -1.94. The van der Waals surface area contributed by atoms with Crippen LogP contribution < -0.4 is 4.90 Å². The maximum Gasteiger partial charge on any atom is 0.116 e. The molecule has 2 aromatic carbocycles. The highest BCUT2D eigenvalue weighted by Crippen LogP contribution is 2.39. The smallest absolute Gasteiger partial charge is 0.116 e. The molecule has 1 aliphatic heterocycles. The standard InChI is InChI=1S/C15H12BrNO2/c16-15-14-6-5-13(19)9-10(14)7-8-17(15)11-1-3-12(18)4-2-11/h1-9,15,18-19H. The molecule has 0 bridgehead atoms. The van der Waals surface area contributed by atoms with Crippen LogP contribution in [-0.2, 0) is 0 Å². The van der Waals surface area contributed by atoms with Gasteiger partial charge in [0.25, 0.3) is 0 Å². The lowest BCUT2D eigenvalue weighted by molar-refractivity contribution is 0.474. The van der Waals surface area contributed by atoms with Crippen LogP contribution in [0.15, 0.2) is 48.7 Å². The summed E-state index contributed by atoms with van der Waals surface area (Å²) in [6, 6.07) is 12.4. The van der Waals surface area contributed by atoms with Crippen LogP contribution in [0, 0.1) is 0 Å². The van der Waals surface area contributed by atoms with Gasteiger partial charge in [-0.15, -0.1) is 0 Å². The SMILES string of the molecule is Oc1ccc(N2C=Cc3cc(O)ccc3C2Br)cc1. The van der Waals surface area contributed by atoms with Crippen molar-refractivity contribution in [2.45, 2.75) is 4.95 Å². The highest BCUT2D eigenvalue weighted by Gasteiger charge is 2.22. The molecular weight excluding hydrogens is 306 g/mol. The first kappa shape index (κ1) is 12.1. The van der Waals surface area contributed by atoms with Gasteiger partial charge >= 0.3 is 0 Å². The molecule has 0 aliphatic carbocycles. The molecule has 1 aliphatic rings. The number of anilines is 1. The minimum atomic E-state index is -0.00218. The van der Waals surface area contributed by atoms with Crippen molar-refractivity contribution >= 4 is 27.7 Å². The van der Waals surface area contributed by atoms with E-state index in [-0.39, 0.29) is 16.5 Å². The molecule has 1 unspecified atom stereocenters. The molecule has 3 rings (SSSR count). The summed E-state index contributed by atoms with van der Waals surface area (Å²) in [5.74, 6) is 0.516. The van der Waals surface area contributed by atoms with Crippen molar-refractivity contribution < 1.29 is 10.2 Å². The third-order valence-electron chi connectivity index (χ3n) is 3.13. The zero-order valence-corrected chi connectivity index (χ0v) is 11.6. The van der Waals surface area contributed by atoms with Crippen LogP contribution in [0.5, 0.6) is 11.5 Å². The Labute approximate surface area is 119 Å². The molecular formula is C15H12BrNO2. The predicted octanol–water partition coefficient (Wildman–Crippen LogP) is 3.98. The van der Waals surface area contributed by atoms with E-state index in [0.717, 1.165) is 16.8 Å². The van der Waals surface area contributed by atoms with Crippen molar-refractivity contribution in [3.05, 3.63) is 59.8 Å². The molecule has 0 aromatic heterocycles. The Balaban J connectivity index is 2.00. The number of halogens is 1. The maximum absolute atomic E-state index is 9.50. The molecule has 0 radical (unpaired) electrons. The fourth-order valence-corrected chi connectivity index (χ4v) is 2.94. The third-order valence-corrected chi connectivity index (χ3v) is 4.07. The summed E-state index contributed by atoms with van der Waals surface area (Å²) in [5, 5.41) is 18.8. The zero-order valence-electron chi connectivity index (χ0n) is 9.99. The topological polar surface area (TPSA) is 43.7 Å². The van der Waals surface area contributed by atoms with E-state index in [1.54, 1.807) is 24.3 Å². The Morgan fingerprint density at radius 2 is 1.63 bits per heavy atom. The molecule has 4 heteroatoms. The highest BCUT2D eigenvalue weighted by molar-refractivity contribution is 9.09. The number of fused-ring (bicyclic) bond motifs is 1. The third kappa shape index (κ3) is 2.19. The molecule has 3 nitrogen and oxygen atoms in total. The molecule has 0 fully saturated rings. The van der Waals surface area contributed by atoms with Crippen molar-refractivity contribution in [2.24, 2.45) is 0 Å². The Kier molecular flexibility index (Phi) is 2.95. The first-order chi connectivity index (χ1) is 9.15. The summed E-state index contributed by atoms with van der Waals surface area (Å²) in [7, 11) is 0. The van der Waals surface area contributed by atoms with Crippen LogP contribution >= 0.6 is 15.9 Å². The normalized spacial score (nSPS) is 17.3. The first-order valence-corrected chi connectivity index (χ1v) is 6.79. The van der Waals surface area contributed by atoms with E-state index >= 15 is 0 Å². The van der Waals surface area contributed by atoms with Crippen LogP contribution in [0.25, 0.3) is 6.08 Å². The molecule has 0 saturated heterocycles. The number of alkyl halides is 1. The lowest BCUT2D eigenvalue weighted by Gasteiger charge is -2.31. The van der Waals surface area contributed by atoms with Gasteiger partial charge in [0.1, 0.15) is 16.5 Å². The number of phenols is 2. The van der Waals surface area contributed by atoms with E-state index in [1.165, 1.54) is 0 Å². The van der Waals surface area contributed by atoms with Gasteiger partial charge in [-0.05, 0) is 53.6 Å². The van der Waals surface area contributed by atoms with Crippen molar-refractivity contribution in [1.82, 2.24) is 0 Å². The number of nitrogens with zero attached hydrogens (tertiary/aromatic N) is 1. The van der Waals surface area contributed by atoms with Crippen LogP contribution in [0.4, 0.5) is 5.69 Å². The molecule has 19 heavy (non-hydrogen) atoms. The van der Waals surface area contributed by atoms with Gasteiger partial charge in [0.15, 0.2) is 0 Å². The summed E-state index contributed by atoms with van der Waals surface area (Å²) in [6.45, 7) is 0. The summed E-state index contributed by atoms with van der Waals surface area (Å²) in [4.78, 5) is 2.05. The average molecular weight is 318 g/mol. The van der Waals surface area contributed by atoms with Crippen molar-refractivity contribution in [1.29, 1.82) is 0 Å². The average Bonchev–Trinajstić information content (AvgIpc) is 2.40. The lowest BCUT2D eigenvalue weighted by atomic mass is 10.0. The second-order valence-corrected chi connectivity index (χ2v) is 5.26. The van der Waals surface area contributed by atoms with Gasteiger partial charge in [-0.3, -0.25) is 0 Å². The largest absolute Gasteiger partial charge is 0.508 e. The number of phenolic OH excluding ortho intramolecular Hbond substituents is 2. The zero-order chi connectivity index (χ0) is 13.4. The van der Waals surface area contributed by atoms with Crippen LogP contribution in [0.2, 0.25) is 0 Å². The second kappa shape index (κ2) is 4.63. The van der Waals surface area contributed by atoms with Gasteiger partial charge in [0, 0.05) is 11.9 Å². The minimum Gasteiger partial charge on any atom is -0.508 e. The van der Waals surface area contributed by atoms with Crippen LogP contribution in [0.1, 0.15) is 16.1 Å². The monoisotopic (exact) mass is 317 g/mol. The fourth-order valence-electron chi connectivity index (χ4n) is 2.15. The van der Waals surface area contributed by atoms with Crippen molar-refractivity contribution in [3.63, 3.8) is 0 Å². The molecule has 1 atom stereocenters. The van der Waals surface area contributed by atoms with E-state index in [2.05, 4.69) is 20.8 Å². The Morgan fingerprint density at radius 1 is 0.947 bits per heavy atom. The summed E-state index contributed by atoms with van der Waals surface area (Å²) >= 11 is 3.66. The maximum atomic E-state index is 9.50. The van der Waals surface area contributed by atoms with Gasteiger partial charge in [-0.1, -0.05) is 22.0 Å². The predicted molar refractivity (Wildman–Crippen MR) is 79.4 cm³/mol. The number of aromatic hydroxyl groups is 2. The van der Waals surface area contributed by atoms with E-state index in [9.17, 15) is 10.2 Å². The second-order valence-electron chi connectivity index (χ2n) is 4.39. The molecule has 96 valence electrons. The molecule has 2 aromatic rings. The van der Waals surface area contributed by atoms with Gasteiger partial charge < -0.3 is 15.1 Å². The lowest BCUT2D eigenvalue weighted by Crippen LogP contribution is -2.21. The summed E-state index contributed by atoms with van der Waals surface area (Å²) in [6.07, 6.45) is 3.91. The summed E-state index contributed by atoms with van der Waals surface area (Å²) in [5.41, 5.74) is 3.07. The number of hydrogen-bond donors (Lipinski definition) is 2. The van der Waals surface area contributed by atoms with Crippen molar-refractivity contribution in [2.75, 3.05) is 4.90 Å². The first-order valence-electron chi connectivity index (χ1n) is 5.88. The van der Waals surface area contributed by atoms with E-state index in [0.29, 0.717) is 0 Å². The fraction of sp³-hybridized carbons (Fsp3) is 0.0667. The van der Waals surface area contributed by atoms with Crippen LogP contribution in [0.3, 0.4) is 0 Å². The van der Waals surface area contributed by atoms with Crippen LogP contribution in [-0.4, -0.2) is 10.2 Å². The number of benzene rings is 2. The van der Waals surface area contributed by atoms with Gasteiger partial charge in [-0.2, -0.15) is 0 Å².